The second kappa shape index (κ2) is 6.77. The number of hydrogen-bond donors (Lipinski definition) is 0. The lowest BCUT2D eigenvalue weighted by Gasteiger charge is -2.04. The normalized spacial score (nSPS) is 11.0. The van der Waals surface area contributed by atoms with Gasteiger partial charge in [0, 0.05) is 16.3 Å². The van der Waals surface area contributed by atoms with E-state index in [4.69, 9.17) is 9.15 Å². The summed E-state index contributed by atoms with van der Waals surface area (Å²) in [6, 6.07) is 15.7. The summed E-state index contributed by atoms with van der Waals surface area (Å²) in [4.78, 5) is 17.1. The van der Waals surface area contributed by atoms with Crippen LogP contribution < -0.4 is 10.4 Å². The highest BCUT2D eigenvalue weighted by atomic mass is 32.1. The van der Waals surface area contributed by atoms with Crippen molar-refractivity contribution in [3.63, 3.8) is 0 Å². The number of ether oxygens (including phenoxy) is 1. The van der Waals surface area contributed by atoms with Crippen LogP contribution in [0.5, 0.6) is 5.75 Å². The number of hydrogen-bond acceptors (Lipinski definition) is 5. The Balaban J connectivity index is 1.77. The Kier molecular flexibility index (Phi) is 4.31. The first kappa shape index (κ1) is 16.5. The third-order valence-corrected chi connectivity index (χ3v) is 5.21. The van der Waals surface area contributed by atoms with Gasteiger partial charge in [0.25, 0.3) is 0 Å². The zero-order chi connectivity index (χ0) is 18.1. The first-order valence-electron chi connectivity index (χ1n) is 8.35. The van der Waals surface area contributed by atoms with E-state index in [0.29, 0.717) is 21.9 Å². The van der Waals surface area contributed by atoms with E-state index in [1.165, 1.54) is 16.9 Å². The van der Waals surface area contributed by atoms with Gasteiger partial charge in [-0.05, 0) is 24.1 Å². The Morgan fingerprint density at radius 3 is 2.69 bits per heavy atom. The highest BCUT2D eigenvalue weighted by Crippen LogP contribution is 2.31. The number of nitrogens with zero attached hydrogens (tertiary/aromatic N) is 1. The van der Waals surface area contributed by atoms with Crippen molar-refractivity contribution in [3.8, 4) is 27.6 Å². The fraction of sp³-hybridized carbons (Fsp3) is 0.143. The van der Waals surface area contributed by atoms with Crippen LogP contribution in [0.2, 0.25) is 0 Å². The van der Waals surface area contributed by atoms with Gasteiger partial charge in [0.1, 0.15) is 5.01 Å². The molecule has 0 aliphatic heterocycles. The number of benzene rings is 2. The molecular formula is C21H17NO3S. The van der Waals surface area contributed by atoms with E-state index in [-0.39, 0.29) is 0 Å². The zero-order valence-corrected chi connectivity index (χ0v) is 15.3. The van der Waals surface area contributed by atoms with Crippen molar-refractivity contribution >= 4 is 22.3 Å². The number of methoxy groups -OCH3 is 1. The van der Waals surface area contributed by atoms with Crippen molar-refractivity contribution in [1.29, 1.82) is 0 Å². The molecule has 0 aliphatic carbocycles. The summed E-state index contributed by atoms with van der Waals surface area (Å²) in [5.41, 5.74) is 3.69. The predicted molar refractivity (Wildman–Crippen MR) is 105 cm³/mol. The molecule has 5 heteroatoms. The maximum Gasteiger partial charge on any atom is 0.346 e. The van der Waals surface area contributed by atoms with Crippen LogP contribution in [-0.2, 0) is 6.42 Å². The molecule has 0 aliphatic rings. The summed E-state index contributed by atoms with van der Waals surface area (Å²) in [5.74, 6) is 0.544. The zero-order valence-electron chi connectivity index (χ0n) is 14.5. The second-order valence-electron chi connectivity index (χ2n) is 5.91. The molecule has 4 nitrogen and oxygen atoms in total. The van der Waals surface area contributed by atoms with Gasteiger partial charge in [-0.1, -0.05) is 43.3 Å². The minimum atomic E-state index is -0.413. The first-order valence-corrected chi connectivity index (χ1v) is 9.23. The molecule has 0 unspecified atom stereocenters. The lowest BCUT2D eigenvalue weighted by Crippen LogP contribution is -2.03. The molecule has 0 radical (unpaired) electrons. The van der Waals surface area contributed by atoms with Gasteiger partial charge in [-0.2, -0.15) is 0 Å². The summed E-state index contributed by atoms with van der Waals surface area (Å²) in [5, 5.41) is 3.42. The lowest BCUT2D eigenvalue weighted by atomic mass is 10.1. The standard InChI is InChI=1S/C21H17NO3S/c1-3-13-7-9-14(10-8-13)17-12-26-20(22-17)16-11-15-5-4-6-18(24-2)19(15)25-21(16)23/h4-12H,3H2,1-2H3. The van der Waals surface area contributed by atoms with Crippen LogP contribution >= 0.6 is 11.3 Å². The van der Waals surface area contributed by atoms with Crippen molar-refractivity contribution in [2.24, 2.45) is 0 Å². The number of aromatic nitrogens is 1. The molecule has 0 spiro atoms. The number of thiazole rings is 1. The molecule has 130 valence electrons. The molecule has 0 saturated heterocycles. The molecule has 4 aromatic rings. The molecule has 0 atom stereocenters. The second-order valence-corrected chi connectivity index (χ2v) is 6.77. The smallest absolute Gasteiger partial charge is 0.346 e. The van der Waals surface area contributed by atoms with Crippen molar-refractivity contribution in [1.82, 2.24) is 4.98 Å². The molecule has 0 N–H and O–H groups in total. The number of fused-ring (bicyclic) bond motifs is 1. The van der Waals surface area contributed by atoms with E-state index in [1.807, 2.05) is 23.6 Å². The maximum atomic E-state index is 12.5. The van der Waals surface area contributed by atoms with Crippen molar-refractivity contribution < 1.29 is 9.15 Å². The lowest BCUT2D eigenvalue weighted by molar-refractivity contribution is 0.407. The summed E-state index contributed by atoms with van der Waals surface area (Å²) >= 11 is 1.44. The minimum absolute atomic E-state index is 0.413. The van der Waals surface area contributed by atoms with Gasteiger partial charge in [-0.25, -0.2) is 9.78 Å². The highest BCUT2D eigenvalue weighted by molar-refractivity contribution is 7.13. The van der Waals surface area contributed by atoms with Gasteiger partial charge in [0.05, 0.1) is 18.4 Å². The topological polar surface area (TPSA) is 52.3 Å². The largest absolute Gasteiger partial charge is 0.493 e. The predicted octanol–water partition coefficient (Wildman–Crippen LogP) is 5.15. The quantitative estimate of drug-likeness (QED) is 0.470. The van der Waals surface area contributed by atoms with Crippen LogP contribution in [0.15, 0.2) is 63.1 Å². The molecule has 4 rings (SSSR count). The summed E-state index contributed by atoms with van der Waals surface area (Å²) in [6.07, 6.45) is 1.00. The Morgan fingerprint density at radius 1 is 1.15 bits per heavy atom. The van der Waals surface area contributed by atoms with E-state index in [1.54, 1.807) is 13.2 Å². The van der Waals surface area contributed by atoms with Crippen LogP contribution in [0.4, 0.5) is 0 Å². The monoisotopic (exact) mass is 363 g/mol. The minimum Gasteiger partial charge on any atom is -0.493 e. The Hall–Kier alpha value is -2.92. The first-order chi connectivity index (χ1) is 12.7. The maximum absolute atomic E-state index is 12.5. The van der Waals surface area contributed by atoms with Gasteiger partial charge < -0.3 is 9.15 Å². The molecule has 0 fully saturated rings. The van der Waals surface area contributed by atoms with Crippen LogP contribution in [-0.4, -0.2) is 12.1 Å². The Bertz CT molecular complexity index is 1130. The van der Waals surface area contributed by atoms with Gasteiger partial charge in [0.2, 0.25) is 0 Å². The van der Waals surface area contributed by atoms with E-state index in [2.05, 4.69) is 36.2 Å². The van der Waals surface area contributed by atoms with Gasteiger partial charge in [-0.15, -0.1) is 11.3 Å². The van der Waals surface area contributed by atoms with E-state index >= 15 is 0 Å². The molecule has 0 amide bonds. The average Bonchev–Trinajstić information content (AvgIpc) is 3.17. The number of rotatable bonds is 4. The molecular weight excluding hydrogens is 346 g/mol. The molecule has 0 saturated carbocycles. The van der Waals surface area contributed by atoms with Gasteiger partial charge in [-0.3, -0.25) is 0 Å². The van der Waals surface area contributed by atoms with Crippen LogP contribution in [0.1, 0.15) is 12.5 Å². The van der Waals surface area contributed by atoms with Crippen molar-refractivity contribution in [2.45, 2.75) is 13.3 Å². The Morgan fingerprint density at radius 2 is 1.96 bits per heavy atom. The highest BCUT2D eigenvalue weighted by Gasteiger charge is 2.14. The molecule has 2 aromatic heterocycles. The van der Waals surface area contributed by atoms with E-state index in [9.17, 15) is 4.79 Å². The molecule has 2 aromatic carbocycles. The summed E-state index contributed by atoms with van der Waals surface area (Å²) < 4.78 is 10.8. The fourth-order valence-corrected chi connectivity index (χ4v) is 3.70. The van der Waals surface area contributed by atoms with E-state index < -0.39 is 5.63 Å². The van der Waals surface area contributed by atoms with Gasteiger partial charge in [0.15, 0.2) is 11.3 Å². The van der Waals surface area contributed by atoms with Crippen LogP contribution in [0.3, 0.4) is 0 Å². The number of para-hydroxylation sites is 1. The van der Waals surface area contributed by atoms with E-state index in [0.717, 1.165) is 23.1 Å². The average molecular weight is 363 g/mol. The SMILES string of the molecule is CCc1ccc(-c2csc(-c3cc4cccc(OC)c4oc3=O)n2)cc1. The summed E-state index contributed by atoms with van der Waals surface area (Å²) in [7, 11) is 1.56. The fourth-order valence-electron chi connectivity index (χ4n) is 2.87. The molecule has 0 bridgehead atoms. The third kappa shape index (κ3) is 2.91. The third-order valence-electron chi connectivity index (χ3n) is 4.34. The van der Waals surface area contributed by atoms with Crippen molar-refractivity contribution in [3.05, 3.63) is 69.9 Å². The molecule has 26 heavy (non-hydrogen) atoms. The summed E-state index contributed by atoms with van der Waals surface area (Å²) in [6.45, 7) is 2.13. The van der Waals surface area contributed by atoms with Crippen LogP contribution in [0, 0.1) is 0 Å². The van der Waals surface area contributed by atoms with Crippen LogP contribution in [0.25, 0.3) is 32.8 Å². The number of aryl methyl sites for hydroxylation is 1. The molecule has 2 heterocycles. The van der Waals surface area contributed by atoms with Crippen molar-refractivity contribution in [2.75, 3.05) is 7.11 Å². The van der Waals surface area contributed by atoms with Gasteiger partial charge >= 0.3 is 5.63 Å². The Labute approximate surface area is 154 Å².